The summed E-state index contributed by atoms with van der Waals surface area (Å²) in [4.78, 5) is 27.2. The summed E-state index contributed by atoms with van der Waals surface area (Å²) in [6.45, 7) is 2.09. The molecule has 170 valence electrons. The molecule has 0 bridgehead atoms. The van der Waals surface area contributed by atoms with Crippen molar-refractivity contribution in [3.63, 3.8) is 0 Å². The van der Waals surface area contributed by atoms with Gasteiger partial charge in [0.25, 0.3) is 0 Å². The van der Waals surface area contributed by atoms with Crippen LogP contribution in [0.25, 0.3) is 0 Å². The minimum atomic E-state index is -0.312. The SMILES string of the molecule is O=C(Nc1ccc(NCC2CCCC2)cc1)C1CCCN(C(=O)Cc2ccc(F)cc2)C1. The Kier molecular flexibility index (Phi) is 7.40. The topological polar surface area (TPSA) is 61.4 Å². The number of hydrogen-bond acceptors (Lipinski definition) is 3. The summed E-state index contributed by atoms with van der Waals surface area (Å²) in [7, 11) is 0. The third kappa shape index (κ3) is 6.09. The molecule has 2 amide bonds. The van der Waals surface area contributed by atoms with Crippen molar-refractivity contribution in [3.8, 4) is 0 Å². The summed E-state index contributed by atoms with van der Waals surface area (Å²) in [5.41, 5.74) is 2.63. The molecule has 1 aliphatic carbocycles. The molecule has 32 heavy (non-hydrogen) atoms. The quantitative estimate of drug-likeness (QED) is 0.651. The molecule has 2 aromatic carbocycles. The Bertz CT molecular complexity index is 908. The van der Waals surface area contributed by atoms with Crippen LogP contribution in [0.3, 0.4) is 0 Å². The Morgan fingerprint density at radius 2 is 1.59 bits per heavy atom. The molecular weight excluding hydrogens is 405 g/mol. The van der Waals surface area contributed by atoms with Crippen LogP contribution >= 0.6 is 0 Å². The number of nitrogens with zero attached hydrogens (tertiary/aromatic N) is 1. The van der Waals surface area contributed by atoms with Gasteiger partial charge in [0.05, 0.1) is 12.3 Å². The van der Waals surface area contributed by atoms with E-state index in [2.05, 4.69) is 10.6 Å². The van der Waals surface area contributed by atoms with Gasteiger partial charge < -0.3 is 15.5 Å². The fourth-order valence-electron chi connectivity index (χ4n) is 4.70. The van der Waals surface area contributed by atoms with Gasteiger partial charge in [0.15, 0.2) is 0 Å². The zero-order chi connectivity index (χ0) is 22.3. The maximum absolute atomic E-state index is 13.1. The van der Waals surface area contributed by atoms with E-state index >= 15 is 0 Å². The smallest absolute Gasteiger partial charge is 0.229 e. The van der Waals surface area contributed by atoms with E-state index in [1.807, 2.05) is 24.3 Å². The molecule has 1 saturated heterocycles. The average Bonchev–Trinajstić information content (AvgIpc) is 3.34. The number of benzene rings is 2. The second-order valence-electron chi connectivity index (χ2n) is 9.08. The van der Waals surface area contributed by atoms with E-state index in [4.69, 9.17) is 0 Å². The van der Waals surface area contributed by atoms with Gasteiger partial charge in [0.1, 0.15) is 5.82 Å². The summed E-state index contributed by atoms with van der Waals surface area (Å²) in [5.74, 6) is 0.173. The molecule has 1 saturated carbocycles. The van der Waals surface area contributed by atoms with Crippen LogP contribution in [0.15, 0.2) is 48.5 Å². The molecule has 4 rings (SSSR count). The first kappa shape index (κ1) is 22.3. The van der Waals surface area contributed by atoms with Crippen molar-refractivity contribution < 1.29 is 14.0 Å². The van der Waals surface area contributed by atoms with Gasteiger partial charge in [-0.3, -0.25) is 9.59 Å². The highest BCUT2D eigenvalue weighted by Gasteiger charge is 2.28. The van der Waals surface area contributed by atoms with Crippen LogP contribution in [0.1, 0.15) is 44.1 Å². The lowest BCUT2D eigenvalue weighted by Crippen LogP contribution is -2.44. The van der Waals surface area contributed by atoms with Crippen molar-refractivity contribution in [1.82, 2.24) is 4.90 Å². The van der Waals surface area contributed by atoms with Crippen LogP contribution in [0.2, 0.25) is 0 Å². The Balaban J connectivity index is 1.26. The molecule has 2 aliphatic rings. The molecule has 5 nitrogen and oxygen atoms in total. The monoisotopic (exact) mass is 437 g/mol. The highest BCUT2D eigenvalue weighted by Crippen LogP contribution is 2.25. The minimum Gasteiger partial charge on any atom is -0.385 e. The van der Waals surface area contributed by atoms with Gasteiger partial charge in [0, 0.05) is 31.0 Å². The Labute approximate surface area is 189 Å². The van der Waals surface area contributed by atoms with Crippen LogP contribution in [-0.4, -0.2) is 36.3 Å². The van der Waals surface area contributed by atoms with Gasteiger partial charge in [-0.1, -0.05) is 25.0 Å². The molecular formula is C26H32FN3O2. The fourth-order valence-corrected chi connectivity index (χ4v) is 4.70. The summed E-state index contributed by atoms with van der Waals surface area (Å²) in [6.07, 6.45) is 7.10. The molecule has 1 unspecified atom stereocenters. The highest BCUT2D eigenvalue weighted by molar-refractivity contribution is 5.93. The molecule has 0 aromatic heterocycles. The average molecular weight is 438 g/mol. The van der Waals surface area contributed by atoms with E-state index < -0.39 is 0 Å². The number of carbonyl (C=O) groups excluding carboxylic acids is 2. The zero-order valence-electron chi connectivity index (χ0n) is 18.5. The third-order valence-electron chi connectivity index (χ3n) is 6.64. The predicted octanol–water partition coefficient (Wildman–Crippen LogP) is 4.85. The number of rotatable bonds is 7. The number of anilines is 2. The molecule has 6 heteroatoms. The number of hydrogen-bond donors (Lipinski definition) is 2. The van der Waals surface area contributed by atoms with Crippen molar-refractivity contribution >= 4 is 23.2 Å². The van der Waals surface area contributed by atoms with Gasteiger partial charge >= 0.3 is 0 Å². The second-order valence-corrected chi connectivity index (χ2v) is 9.08. The van der Waals surface area contributed by atoms with Crippen LogP contribution in [0.4, 0.5) is 15.8 Å². The summed E-state index contributed by atoms with van der Waals surface area (Å²) >= 11 is 0. The van der Waals surface area contributed by atoms with Crippen molar-refractivity contribution in [2.75, 3.05) is 30.3 Å². The standard InChI is InChI=1S/C26H32FN3O2/c27-22-9-7-19(8-10-22)16-25(31)30-15-3-6-21(18-30)26(32)29-24-13-11-23(12-14-24)28-17-20-4-1-2-5-20/h7-14,20-21,28H,1-6,15-18H2,(H,29,32). The van der Waals surface area contributed by atoms with Crippen molar-refractivity contribution in [2.24, 2.45) is 11.8 Å². The van der Waals surface area contributed by atoms with Crippen LogP contribution in [-0.2, 0) is 16.0 Å². The molecule has 0 spiro atoms. The van der Waals surface area contributed by atoms with Crippen LogP contribution in [0.5, 0.6) is 0 Å². The van der Waals surface area contributed by atoms with Gasteiger partial charge in [-0.15, -0.1) is 0 Å². The van der Waals surface area contributed by atoms with Crippen molar-refractivity contribution in [1.29, 1.82) is 0 Å². The number of nitrogens with one attached hydrogen (secondary N) is 2. The van der Waals surface area contributed by atoms with Gasteiger partial charge in [-0.05, 0) is 73.6 Å². The van der Waals surface area contributed by atoms with Gasteiger partial charge in [-0.25, -0.2) is 4.39 Å². The first-order valence-corrected chi connectivity index (χ1v) is 11.7. The maximum Gasteiger partial charge on any atom is 0.229 e. The molecule has 1 aliphatic heterocycles. The van der Waals surface area contributed by atoms with Crippen LogP contribution in [0, 0.1) is 17.7 Å². The number of piperidine rings is 1. The van der Waals surface area contributed by atoms with Crippen molar-refractivity contribution in [2.45, 2.75) is 44.9 Å². The Morgan fingerprint density at radius 1 is 0.906 bits per heavy atom. The molecule has 2 fully saturated rings. The number of likely N-dealkylation sites (tertiary alicyclic amines) is 1. The summed E-state index contributed by atoms with van der Waals surface area (Å²) < 4.78 is 13.1. The maximum atomic E-state index is 13.1. The lowest BCUT2D eigenvalue weighted by Gasteiger charge is -2.32. The molecule has 2 aromatic rings. The number of amides is 2. The van der Waals surface area contributed by atoms with Gasteiger partial charge in [0.2, 0.25) is 11.8 Å². The van der Waals surface area contributed by atoms with E-state index in [0.29, 0.717) is 13.1 Å². The normalized spacial score (nSPS) is 19.0. The van der Waals surface area contributed by atoms with Crippen LogP contribution < -0.4 is 10.6 Å². The second kappa shape index (κ2) is 10.6. The first-order chi connectivity index (χ1) is 15.6. The Morgan fingerprint density at radius 3 is 2.31 bits per heavy atom. The summed E-state index contributed by atoms with van der Waals surface area (Å²) in [5, 5.41) is 6.50. The largest absolute Gasteiger partial charge is 0.385 e. The van der Waals surface area contributed by atoms with E-state index in [1.165, 1.54) is 37.8 Å². The molecule has 2 N–H and O–H groups in total. The number of carbonyl (C=O) groups is 2. The number of halogens is 1. The lowest BCUT2D eigenvalue weighted by molar-refractivity contribution is -0.133. The predicted molar refractivity (Wildman–Crippen MR) is 125 cm³/mol. The van der Waals surface area contributed by atoms with E-state index in [1.54, 1.807) is 17.0 Å². The van der Waals surface area contributed by atoms with Crippen molar-refractivity contribution in [3.05, 3.63) is 59.9 Å². The minimum absolute atomic E-state index is 0.0215. The van der Waals surface area contributed by atoms with E-state index in [-0.39, 0.29) is 30.0 Å². The van der Waals surface area contributed by atoms with E-state index in [0.717, 1.165) is 42.2 Å². The van der Waals surface area contributed by atoms with E-state index in [9.17, 15) is 14.0 Å². The summed E-state index contributed by atoms with van der Waals surface area (Å²) in [6, 6.07) is 13.9. The zero-order valence-corrected chi connectivity index (χ0v) is 18.5. The van der Waals surface area contributed by atoms with Gasteiger partial charge in [-0.2, -0.15) is 0 Å². The Hall–Kier alpha value is -2.89. The molecule has 1 atom stereocenters. The third-order valence-corrected chi connectivity index (χ3v) is 6.64. The molecule has 1 heterocycles. The first-order valence-electron chi connectivity index (χ1n) is 11.7. The lowest BCUT2D eigenvalue weighted by atomic mass is 9.96. The molecule has 0 radical (unpaired) electrons. The fraction of sp³-hybridized carbons (Fsp3) is 0.462. The highest BCUT2D eigenvalue weighted by atomic mass is 19.1.